The summed E-state index contributed by atoms with van der Waals surface area (Å²) in [5.41, 5.74) is 2.00. The van der Waals surface area contributed by atoms with Crippen LogP contribution >= 0.6 is 19.2 Å². The third-order valence-corrected chi connectivity index (χ3v) is 5.76. The molecule has 4 rings (SSSR count). The summed E-state index contributed by atoms with van der Waals surface area (Å²) < 4.78 is 19.3. The summed E-state index contributed by atoms with van der Waals surface area (Å²) in [6.45, 7) is 0. The minimum absolute atomic E-state index is 0.00942. The predicted octanol–water partition coefficient (Wildman–Crippen LogP) is 6.13. The van der Waals surface area contributed by atoms with Crippen LogP contribution in [0.3, 0.4) is 0 Å². The first-order valence-electron chi connectivity index (χ1n) is 8.74. The predicted molar refractivity (Wildman–Crippen MR) is 116 cm³/mol. The van der Waals surface area contributed by atoms with Crippen LogP contribution in [0.15, 0.2) is 89.3 Å². The molecule has 0 amide bonds. The Hall–Kier alpha value is -3.28. The lowest BCUT2D eigenvalue weighted by Crippen LogP contribution is -2.14. The molecule has 1 heterocycles. The van der Waals surface area contributed by atoms with Gasteiger partial charge < -0.3 is 14.6 Å². The van der Waals surface area contributed by atoms with Crippen LogP contribution in [-0.2, 0) is 4.57 Å². The molecule has 1 aromatic heterocycles. The van der Waals surface area contributed by atoms with Gasteiger partial charge in [0.25, 0.3) is 0 Å². The van der Waals surface area contributed by atoms with Gasteiger partial charge in [-0.2, -0.15) is 0 Å². The van der Waals surface area contributed by atoms with Gasteiger partial charge in [0, 0.05) is 22.0 Å². The summed E-state index contributed by atoms with van der Waals surface area (Å²) in [7, 11) is -3.45. The first kappa shape index (κ1) is 19.1. The summed E-state index contributed by atoms with van der Waals surface area (Å²) in [5, 5.41) is 17.3. The van der Waals surface area contributed by atoms with Crippen molar-refractivity contribution in [2.45, 2.75) is 0 Å². The van der Waals surface area contributed by atoms with Gasteiger partial charge in [-0.1, -0.05) is 59.2 Å². The van der Waals surface area contributed by atoms with E-state index >= 15 is 0 Å². The third-order valence-electron chi connectivity index (χ3n) is 3.87. The highest BCUT2D eigenvalue weighted by Crippen LogP contribution is 2.45. The Morgan fingerprint density at radius 1 is 0.759 bits per heavy atom. The zero-order valence-electron chi connectivity index (χ0n) is 15.1. The highest BCUT2D eigenvalue weighted by Gasteiger charge is 2.25. The fraction of sp³-hybridized carbons (Fsp3) is 0. The lowest BCUT2D eigenvalue weighted by molar-refractivity contribution is 0.573. The van der Waals surface area contributed by atoms with Crippen molar-refractivity contribution in [3.63, 3.8) is 0 Å². The van der Waals surface area contributed by atoms with E-state index in [-0.39, 0.29) is 11.9 Å². The molecule has 0 fully saturated rings. The number of aromatic nitrogens is 2. The number of halogens is 1. The zero-order chi connectivity index (χ0) is 20.1. The van der Waals surface area contributed by atoms with E-state index in [9.17, 15) is 4.57 Å². The summed E-state index contributed by atoms with van der Waals surface area (Å²) in [6, 6.07) is 25.4. The third kappa shape index (κ3) is 4.96. The molecule has 3 N–H and O–H groups in total. The van der Waals surface area contributed by atoms with Gasteiger partial charge in [0.15, 0.2) is 0 Å². The molecule has 9 heteroatoms. The molecule has 3 aromatic carbocycles. The standard InChI is InChI=1S/C20H17ClN5O2P/c21-16-9-7-8-15(14-16)19-22-23-20(28-19)26-29(27,24-17-10-3-1-4-11-17)25-18-12-5-2-6-13-18/h1-14H,(H3,23,24,25,26,27). The molecule has 0 aliphatic carbocycles. The van der Waals surface area contributed by atoms with Crippen LogP contribution in [0.2, 0.25) is 5.02 Å². The number of hydrogen-bond donors (Lipinski definition) is 3. The van der Waals surface area contributed by atoms with Gasteiger partial charge >= 0.3 is 13.6 Å². The number of benzene rings is 3. The molecule has 0 unspecified atom stereocenters. The summed E-state index contributed by atoms with van der Waals surface area (Å²) in [4.78, 5) is 0. The van der Waals surface area contributed by atoms with Gasteiger partial charge in [-0.05, 0) is 42.5 Å². The van der Waals surface area contributed by atoms with Crippen molar-refractivity contribution in [3.05, 3.63) is 90.0 Å². The van der Waals surface area contributed by atoms with E-state index in [4.69, 9.17) is 16.0 Å². The smallest absolute Gasteiger partial charge is 0.356 e. The summed E-state index contributed by atoms with van der Waals surface area (Å²) in [5.74, 6) is 0.265. The maximum Gasteiger partial charge on any atom is 0.356 e. The molecule has 0 radical (unpaired) electrons. The minimum atomic E-state index is -3.45. The van der Waals surface area contributed by atoms with Gasteiger partial charge in [-0.25, -0.2) is 0 Å². The van der Waals surface area contributed by atoms with Gasteiger partial charge in [0.2, 0.25) is 5.89 Å². The molecule has 7 nitrogen and oxygen atoms in total. The Labute approximate surface area is 172 Å². The SMILES string of the molecule is O=P(Nc1ccccc1)(Nc1ccccc1)Nc1nnc(-c2cccc(Cl)c2)o1. The number of para-hydroxylation sites is 2. The highest BCUT2D eigenvalue weighted by molar-refractivity contribution is 7.68. The van der Waals surface area contributed by atoms with E-state index in [1.165, 1.54) is 0 Å². The monoisotopic (exact) mass is 425 g/mol. The fourth-order valence-corrected chi connectivity index (χ4v) is 4.36. The van der Waals surface area contributed by atoms with Gasteiger partial charge in [0.05, 0.1) is 0 Å². The topological polar surface area (TPSA) is 92.1 Å². The molecule has 4 aromatic rings. The van der Waals surface area contributed by atoms with Crippen molar-refractivity contribution in [2.75, 3.05) is 15.3 Å². The molecule has 0 saturated heterocycles. The second kappa shape index (κ2) is 8.39. The second-order valence-corrected chi connectivity index (χ2v) is 8.43. The van der Waals surface area contributed by atoms with Gasteiger partial charge in [0.1, 0.15) is 0 Å². The van der Waals surface area contributed by atoms with Crippen LogP contribution in [0.5, 0.6) is 0 Å². The lowest BCUT2D eigenvalue weighted by Gasteiger charge is -2.22. The number of anilines is 3. The molecule has 0 bridgehead atoms. The van der Waals surface area contributed by atoms with Crippen molar-refractivity contribution in [1.82, 2.24) is 10.2 Å². The number of hydrogen-bond acceptors (Lipinski definition) is 4. The molecule has 0 aliphatic heterocycles. The van der Waals surface area contributed by atoms with Crippen molar-refractivity contribution in [3.8, 4) is 11.5 Å². The molecular formula is C20H17ClN5O2P. The van der Waals surface area contributed by atoms with Gasteiger partial charge in [-0.3, -0.25) is 9.65 Å². The Morgan fingerprint density at radius 3 is 1.97 bits per heavy atom. The Morgan fingerprint density at radius 2 is 1.38 bits per heavy atom. The Bertz CT molecular complexity index is 1090. The zero-order valence-corrected chi connectivity index (χ0v) is 16.8. The fourth-order valence-electron chi connectivity index (χ4n) is 2.61. The lowest BCUT2D eigenvalue weighted by atomic mass is 10.2. The maximum atomic E-state index is 13.6. The van der Waals surface area contributed by atoms with Crippen molar-refractivity contribution < 1.29 is 8.98 Å². The first-order chi connectivity index (χ1) is 14.1. The van der Waals surface area contributed by atoms with E-state index in [2.05, 4.69) is 25.5 Å². The number of nitrogens with zero attached hydrogens (tertiary/aromatic N) is 2. The second-order valence-electron chi connectivity index (χ2n) is 6.10. The molecule has 146 valence electrons. The molecule has 29 heavy (non-hydrogen) atoms. The largest absolute Gasteiger partial charge is 0.403 e. The molecule has 0 aliphatic rings. The number of rotatable bonds is 7. The van der Waals surface area contributed by atoms with Crippen LogP contribution in [0.1, 0.15) is 0 Å². The first-order valence-corrected chi connectivity index (χ1v) is 10.8. The van der Waals surface area contributed by atoms with E-state index in [0.29, 0.717) is 22.0 Å². The van der Waals surface area contributed by atoms with E-state index in [0.717, 1.165) is 0 Å². The molecule has 0 atom stereocenters. The molecule has 0 saturated carbocycles. The van der Waals surface area contributed by atoms with Crippen LogP contribution in [-0.4, -0.2) is 10.2 Å². The normalized spacial score (nSPS) is 11.1. The van der Waals surface area contributed by atoms with E-state index < -0.39 is 7.59 Å². The van der Waals surface area contributed by atoms with Crippen LogP contribution < -0.4 is 15.3 Å². The summed E-state index contributed by atoms with van der Waals surface area (Å²) >= 11 is 6.02. The average Bonchev–Trinajstić information content (AvgIpc) is 3.17. The quantitative estimate of drug-likeness (QED) is 0.306. The summed E-state index contributed by atoms with van der Waals surface area (Å²) in [6.07, 6.45) is 0. The van der Waals surface area contributed by atoms with Crippen molar-refractivity contribution in [1.29, 1.82) is 0 Å². The average molecular weight is 426 g/mol. The van der Waals surface area contributed by atoms with Crippen molar-refractivity contribution >= 4 is 36.6 Å². The highest BCUT2D eigenvalue weighted by atomic mass is 35.5. The van der Waals surface area contributed by atoms with Crippen LogP contribution in [0.4, 0.5) is 17.4 Å². The molecular weight excluding hydrogens is 409 g/mol. The van der Waals surface area contributed by atoms with Gasteiger partial charge in [-0.15, -0.1) is 5.10 Å². The van der Waals surface area contributed by atoms with Crippen LogP contribution in [0.25, 0.3) is 11.5 Å². The maximum absolute atomic E-state index is 13.6. The minimum Gasteiger partial charge on any atom is -0.403 e. The Balaban J connectivity index is 1.60. The van der Waals surface area contributed by atoms with Crippen molar-refractivity contribution in [2.24, 2.45) is 0 Å². The van der Waals surface area contributed by atoms with E-state index in [1.54, 1.807) is 24.3 Å². The molecule has 0 spiro atoms. The Kier molecular flexibility index (Phi) is 5.51. The number of nitrogens with one attached hydrogen (secondary N) is 3. The van der Waals surface area contributed by atoms with E-state index in [1.807, 2.05) is 60.7 Å². The van der Waals surface area contributed by atoms with Crippen LogP contribution in [0, 0.1) is 0 Å².